The van der Waals surface area contributed by atoms with Crippen LogP contribution in [0.2, 0.25) is 0 Å². The summed E-state index contributed by atoms with van der Waals surface area (Å²) in [6, 6.07) is 5.69. The lowest BCUT2D eigenvalue weighted by Gasteiger charge is -2.08. The Bertz CT molecular complexity index is 532. The molecule has 0 aliphatic rings. The number of aromatic nitrogens is 3. The lowest BCUT2D eigenvalue weighted by molar-refractivity contribution is 0.128. The van der Waals surface area contributed by atoms with Gasteiger partial charge in [0, 0.05) is 31.6 Å². The van der Waals surface area contributed by atoms with Gasteiger partial charge in [-0.1, -0.05) is 6.07 Å². The standard InChI is InChI=1S/C14H19N5O/c1-2-20-10-14-18-12(15)8-13(19-14)17-7-5-11-4-3-6-16-9-11/h3-4,6,8-9H,2,5,7,10H2,1H3,(H3,15,17,18,19). The Morgan fingerprint density at radius 1 is 1.35 bits per heavy atom. The first kappa shape index (κ1) is 14.2. The zero-order valence-corrected chi connectivity index (χ0v) is 11.5. The lowest BCUT2D eigenvalue weighted by Crippen LogP contribution is -2.10. The fourth-order valence-corrected chi connectivity index (χ4v) is 1.75. The molecule has 2 heterocycles. The van der Waals surface area contributed by atoms with Gasteiger partial charge in [0.15, 0.2) is 5.82 Å². The van der Waals surface area contributed by atoms with Gasteiger partial charge in [-0.25, -0.2) is 9.97 Å². The molecule has 6 heteroatoms. The zero-order valence-electron chi connectivity index (χ0n) is 11.5. The molecule has 2 rings (SSSR count). The third-order valence-electron chi connectivity index (χ3n) is 2.67. The maximum absolute atomic E-state index is 5.76. The summed E-state index contributed by atoms with van der Waals surface area (Å²) in [4.78, 5) is 12.6. The van der Waals surface area contributed by atoms with E-state index in [4.69, 9.17) is 10.5 Å². The number of nitrogens with two attached hydrogens (primary N) is 1. The van der Waals surface area contributed by atoms with Gasteiger partial charge in [-0.2, -0.15) is 0 Å². The SMILES string of the molecule is CCOCc1nc(N)cc(NCCc2cccnc2)n1. The first-order valence-corrected chi connectivity index (χ1v) is 6.62. The van der Waals surface area contributed by atoms with Gasteiger partial charge in [0.05, 0.1) is 0 Å². The summed E-state index contributed by atoms with van der Waals surface area (Å²) in [5.41, 5.74) is 6.93. The average molecular weight is 273 g/mol. The Kier molecular flexibility index (Phi) is 5.25. The maximum Gasteiger partial charge on any atom is 0.158 e. The Morgan fingerprint density at radius 2 is 2.25 bits per heavy atom. The van der Waals surface area contributed by atoms with Crippen LogP contribution in [0.1, 0.15) is 18.3 Å². The van der Waals surface area contributed by atoms with Gasteiger partial charge >= 0.3 is 0 Å². The third-order valence-corrected chi connectivity index (χ3v) is 2.67. The number of nitrogens with one attached hydrogen (secondary N) is 1. The van der Waals surface area contributed by atoms with Crippen molar-refractivity contribution in [3.63, 3.8) is 0 Å². The second-order valence-electron chi connectivity index (χ2n) is 4.27. The van der Waals surface area contributed by atoms with Crippen molar-refractivity contribution in [3.8, 4) is 0 Å². The van der Waals surface area contributed by atoms with Crippen LogP contribution in [0, 0.1) is 0 Å². The van der Waals surface area contributed by atoms with Gasteiger partial charge in [-0.15, -0.1) is 0 Å². The molecular formula is C14H19N5O. The van der Waals surface area contributed by atoms with Crippen molar-refractivity contribution >= 4 is 11.6 Å². The Hall–Kier alpha value is -2.21. The lowest BCUT2D eigenvalue weighted by atomic mass is 10.2. The second kappa shape index (κ2) is 7.40. The molecule has 0 amide bonds. The molecule has 0 atom stereocenters. The summed E-state index contributed by atoms with van der Waals surface area (Å²) < 4.78 is 5.29. The van der Waals surface area contributed by atoms with E-state index < -0.39 is 0 Å². The molecule has 106 valence electrons. The number of hydrogen-bond donors (Lipinski definition) is 2. The number of pyridine rings is 1. The minimum absolute atomic E-state index is 0.374. The minimum atomic E-state index is 0.374. The molecule has 0 saturated heterocycles. The van der Waals surface area contributed by atoms with Crippen LogP contribution in [0.4, 0.5) is 11.6 Å². The van der Waals surface area contributed by atoms with Gasteiger partial charge in [0.1, 0.15) is 18.2 Å². The summed E-state index contributed by atoms with van der Waals surface area (Å²) >= 11 is 0. The first-order valence-electron chi connectivity index (χ1n) is 6.62. The number of hydrogen-bond acceptors (Lipinski definition) is 6. The van der Waals surface area contributed by atoms with Crippen molar-refractivity contribution in [2.24, 2.45) is 0 Å². The van der Waals surface area contributed by atoms with Crippen molar-refractivity contribution in [3.05, 3.63) is 42.0 Å². The van der Waals surface area contributed by atoms with Crippen LogP contribution in [0.5, 0.6) is 0 Å². The predicted octanol–water partition coefficient (Wildman–Crippen LogP) is 1.64. The third kappa shape index (κ3) is 4.47. The molecule has 0 unspecified atom stereocenters. The summed E-state index contributed by atoms with van der Waals surface area (Å²) in [7, 11) is 0. The van der Waals surface area contributed by atoms with Gasteiger partial charge in [0.2, 0.25) is 0 Å². The van der Waals surface area contributed by atoms with E-state index in [2.05, 4.69) is 20.3 Å². The van der Waals surface area contributed by atoms with E-state index in [0.717, 1.165) is 18.8 Å². The van der Waals surface area contributed by atoms with Crippen LogP contribution >= 0.6 is 0 Å². The molecule has 3 N–H and O–H groups in total. The van der Waals surface area contributed by atoms with Crippen LogP contribution in [-0.2, 0) is 17.8 Å². The van der Waals surface area contributed by atoms with Crippen molar-refractivity contribution < 1.29 is 4.74 Å². The Balaban J connectivity index is 1.90. The molecule has 0 spiro atoms. The van der Waals surface area contributed by atoms with E-state index in [1.54, 1.807) is 12.3 Å². The molecule has 0 aromatic carbocycles. The van der Waals surface area contributed by atoms with Crippen molar-refractivity contribution in [2.75, 3.05) is 24.2 Å². The van der Waals surface area contributed by atoms with E-state index in [9.17, 15) is 0 Å². The second-order valence-corrected chi connectivity index (χ2v) is 4.27. The Morgan fingerprint density at radius 3 is 3.00 bits per heavy atom. The minimum Gasteiger partial charge on any atom is -0.384 e. The molecule has 0 fully saturated rings. The highest BCUT2D eigenvalue weighted by molar-refractivity contribution is 5.44. The van der Waals surface area contributed by atoms with E-state index in [1.807, 2.05) is 25.3 Å². The zero-order chi connectivity index (χ0) is 14.2. The average Bonchev–Trinajstić information content (AvgIpc) is 2.46. The van der Waals surface area contributed by atoms with Crippen LogP contribution in [0.3, 0.4) is 0 Å². The highest BCUT2D eigenvalue weighted by Gasteiger charge is 2.02. The van der Waals surface area contributed by atoms with Crippen molar-refractivity contribution in [1.29, 1.82) is 0 Å². The highest BCUT2D eigenvalue weighted by atomic mass is 16.5. The fourth-order valence-electron chi connectivity index (χ4n) is 1.75. The van der Waals surface area contributed by atoms with Crippen LogP contribution < -0.4 is 11.1 Å². The smallest absolute Gasteiger partial charge is 0.158 e. The van der Waals surface area contributed by atoms with Crippen LogP contribution in [-0.4, -0.2) is 28.1 Å². The molecule has 2 aromatic heterocycles. The Labute approximate surface area is 118 Å². The summed E-state index contributed by atoms with van der Waals surface area (Å²) in [6.45, 7) is 3.69. The molecule has 0 radical (unpaired) electrons. The molecular weight excluding hydrogens is 254 g/mol. The van der Waals surface area contributed by atoms with E-state index in [1.165, 1.54) is 5.56 Å². The molecule has 0 aliphatic heterocycles. The van der Waals surface area contributed by atoms with Gasteiger partial charge in [-0.3, -0.25) is 4.98 Å². The van der Waals surface area contributed by atoms with E-state index in [-0.39, 0.29) is 0 Å². The molecule has 0 saturated carbocycles. The van der Waals surface area contributed by atoms with Crippen LogP contribution in [0.15, 0.2) is 30.6 Å². The quantitative estimate of drug-likeness (QED) is 0.797. The number of anilines is 2. The molecule has 0 bridgehead atoms. The number of rotatable bonds is 7. The molecule has 2 aromatic rings. The maximum atomic E-state index is 5.76. The van der Waals surface area contributed by atoms with Crippen LogP contribution in [0.25, 0.3) is 0 Å². The largest absolute Gasteiger partial charge is 0.384 e. The van der Waals surface area contributed by atoms with E-state index in [0.29, 0.717) is 24.9 Å². The molecule has 6 nitrogen and oxygen atoms in total. The summed E-state index contributed by atoms with van der Waals surface area (Å²) in [6.07, 6.45) is 4.50. The van der Waals surface area contributed by atoms with Gasteiger partial charge in [0.25, 0.3) is 0 Å². The fraction of sp³-hybridized carbons (Fsp3) is 0.357. The van der Waals surface area contributed by atoms with Crippen molar-refractivity contribution in [1.82, 2.24) is 15.0 Å². The normalized spacial score (nSPS) is 10.4. The monoisotopic (exact) mass is 273 g/mol. The predicted molar refractivity (Wildman–Crippen MR) is 78.2 cm³/mol. The first-order chi connectivity index (χ1) is 9.78. The molecule has 20 heavy (non-hydrogen) atoms. The summed E-state index contributed by atoms with van der Waals surface area (Å²) in [5, 5.41) is 3.24. The number of ether oxygens (including phenoxy) is 1. The summed E-state index contributed by atoms with van der Waals surface area (Å²) in [5.74, 6) is 1.76. The highest BCUT2D eigenvalue weighted by Crippen LogP contribution is 2.09. The topological polar surface area (TPSA) is 86.0 Å². The van der Waals surface area contributed by atoms with E-state index >= 15 is 0 Å². The van der Waals surface area contributed by atoms with Gasteiger partial charge in [-0.05, 0) is 25.0 Å². The van der Waals surface area contributed by atoms with Gasteiger partial charge < -0.3 is 15.8 Å². The molecule has 0 aliphatic carbocycles. The van der Waals surface area contributed by atoms with Crippen molar-refractivity contribution in [2.45, 2.75) is 20.0 Å². The number of nitrogen functional groups attached to an aromatic ring is 1. The number of nitrogens with zero attached hydrogens (tertiary/aromatic N) is 3.